The SMILES string of the molecule is C=C[C@H](CCCCCCC)[C@H](O)c1ccccc1. The summed E-state index contributed by atoms with van der Waals surface area (Å²) >= 11 is 0. The third kappa shape index (κ3) is 5.05. The topological polar surface area (TPSA) is 20.2 Å². The number of benzene rings is 1. The Labute approximate surface area is 112 Å². The standard InChI is InChI=1S/C17H26O/c1-3-5-6-7-9-12-15(4-2)17(18)16-13-10-8-11-14-16/h4,8,10-11,13-15,17-18H,2-3,5-7,9,12H2,1H3/t15-,17+/m1/s1. The maximum atomic E-state index is 10.3. The molecule has 100 valence electrons. The van der Waals surface area contributed by atoms with E-state index in [1.54, 1.807) is 0 Å². The molecule has 2 atom stereocenters. The van der Waals surface area contributed by atoms with Gasteiger partial charge in [0.15, 0.2) is 0 Å². The van der Waals surface area contributed by atoms with E-state index in [-0.39, 0.29) is 5.92 Å². The molecular formula is C17H26O. The van der Waals surface area contributed by atoms with Crippen LogP contribution < -0.4 is 0 Å². The van der Waals surface area contributed by atoms with Gasteiger partial charge in [-0.2, -0.15) is 0 Å². The lowest BCUT2D eigenvalue weighted by molar-refractivity contribution is 0.125. The molecule has 18 heavy (non-hydrogen) atoms. The van der Waals surface area contributed by atoms with Crippen LogP contribution in [0, 0.1) is 5.92 Å². The molecule has 1 N–H and O–H groups in total. The van der Waals surface area contributed by atoms with Crippen LogP contribution in [0.2, 0.25) is 0 Å². The molecule has 1 heteroatoms. The summed E-state index contributed by atoms with van der Waals surface area (Å²) in [5.41, 5.74) is 0.996. The predicted octanol–water partition coefficient (Wildman–Crippen LogP) is 4.88. The summed E-state index contributed by atoms with van der Waals surface area (Å²) in [7, 11) is 0. The molecule has 0 amide bonds. The molecule has 0 aliphatic carbocycles. The number of hydrogen-bond donors (Lipinski definition) is 1. The molecular weight excluding hydrogens is 220 g/mol. The first-order valence-electron chi connectivity index (χ1n) is 7.15. The Morgan fingerprint density at radius 3 is 2.39 bits per heavy atom. The number of aliphatic hydroxyl groups is 1. The van der Waals surface area contributed by atoms with E-state index in [0.717, 1.165) is 12.0 Å². The summed E-state index contributed by atoms with van der Waals surface area (Å²) < 4.78 is 0. The molecule has 0 aliphatic rings. The first-order valence-corrected chi connectivity index (χ1v) is 7.15. The Hall–Kier alpha value is -1.08. The van der Waals surface area contributed by atoms with Crippen LogP contribution in [0.25, 0.3) is 0 Å². The van der Waals surface area contributed by atoms with Gasteiger partial charge in [-0.3, -0.25) is 0 Å². The molecule has 0 heterocycles. The van der Waals surface area contributed by atoms with Gasteiger partial charge in [-0.15, -0.1) is 6.58 Å². The zero-order valence-electron chi connectivity index (χ0n) is 11.5. The summed E-state index contributed by atoms with van der Waals surface area (Å²) in [6.45, 7) is 6.09. The monoisotopic (exact) mass is 246 g/mol. The maximum absolute atomic E-state index is 10.3. The first-order chi connectivity index (χ1) is 8.79. The van der Waals surface area contributed by atoms with Crippen molar-refractivity contribution >= 4 is 0 Å². The molecule has 0 aromatic heterocycles. The van der Waals surface area contributed by atoms with Gasteiger partial charge in [0.1, 0.15) is 0 Å². The average molecular weight is 246 g/mol. The number of aliphatic hydroxyl groups excluding tert-OH is 1. The zero-order chi connectivity index (χ0) is 13.2. The molecule has 0 bridgehead atoms. The number of hydrogen-bond acceptors (Lipinski definition) is 1. The van der Waals surface area contributed by atoms with Crippen LogP contribution in [0.5, 0.6) is 0 Å². The fourth-order valence-corrected chi connectivity index (χ4v) is 2.29. The van der Waals surface area contributed by atoms with Crippen molar-refractivity contribution in [2.45, 2.75) is 51.6 Å². The third-order valence-corrected chi connectivity index (χ3v) is 3.49. The fraction of sp³-hybridized carbons (Fsp3) is 0.529. The highest BCUT2D eigenvalue weighted by Gasteiger charge is 2.16. The van der Waals surface area contributed by atoms with Gasteiger partial charge in [-0.05, 0) is 12.0 Å². The van der Waals surface area contributed by atoms with Gasteiger partial charge in [0.05, 0.1) is 6.10 Å². The molecule has 0 saturated carbocycles. The summed E-state index contributed by atoms with van der Waals surface area (Å²) in [4.78, 5) is 0. The highest BCUT2D eigenvalue weighted by Crippen LogP contribution is 2.27. The smallest absolute Gasteiger partial charge is 0.0852 e. The first kappa shape index (κ1) is 15.0. The Morgan fingerprint density at radius 2 is 1.78 bits per heavy atom. The predicted molar refractivity (Wildman–Crippen MR) is 78.5 cm³/mol. The summed E-state index contributed by atoms with van der Waals surface area (Å²) in [6, 6.07) is 9.89. The summed E-state index contributed by atoms with van der Waals surface area (Å²) in [5.74, 6) is 0.175. The van der Waals surface area contributed by atoms with Crippen molar-refractivity contribution in [3.05, 3.63) is 48.6 Å². The van der Waals surface area contributed by atoms with Crippen LogP contribution in [0.3, 0.4) is 0 Å². The van der Waals surface area contributed by atoms with Gasteiger partial charge in [-0.25, -0.2) is 0 Å². The molecule has 1 rings (SSSR count). The van der Waals surface area contributed by atoms with E-state index in [1.165, 1.54) is 32.1 Å². The molecule has 1 aromatic carbocycles. The second kappa shape index (κ2) is 8.93. The van der Waals surface area contributed by atoms with E-state index >= 15 is 0 Å². The van der Waals surface area contributed by atoms with Gasteiger partial charge in [-0.1, -0.05) is 75.4 Å². The molecule has 0 fully saturated rings. The van der Waals surface area contributed by atoms with E-state index in [2.05, 4.69) is 13.5 Å². The largest absolute Gasteiger partial charge is 0.388 e. The Kier molecular flexibility index (Phi) is 7.43. The summed E-state index contributed by atoms with van der Waals surface area (Å²) in [6.07, 6.45) is 8.87. The van der Waals surface area contributed by atoms with Crippen LogP contribution in [0.4, 0.5) is 0 Å². The molecule has 0 saturated heterocycles. The second-order valence-corrected chi connectivity index (χ2v) is 4.96. The molecule has 1 nitrogen and oxygen atoms in total. The zero-order valence-corrected chi connectivity index (χ0v) is 11.5. The third-order valence-electron chi connectivity index (χ3n) is 3.49. The van der Waals surface area contributed by atoms with Crippen molar-refractivity contribution in [1.29, 1.82) is 0 Å². The van der Waals surface area contributed by atoms with Crippen molar-refractivity contribution in [1.82, 2.24) is 0 Å². The fourth-order valence-electron chi connectivity index (χ4n) is 2.29. The Balaban J connectivity index is 2.38. The lowest BCUT2D eigenvalue weighted by Gasteiger charge is -2.20. The van der Waals surface area contributed by atoms with E-state index in [0.29, 0.717) is 0 Å². The van der Waals surface area contributed by atoms with Gasteiger partial charge >= 0.3 is 0 Å². The minimum Gasteiger partial charge on any atom is -0.388 e. The minimum absolute atomic E-state index is 0.175. The second-order valence-electron chi connectivity index (χ2n) is 4.96. The Bertz CT molecular complexity index is 318. The van der Waals surface area contributed by atoms with Crippen LogP contribution >= 0.6 is 0 Å². The molecule has 0 radical (unpaired) electrons. The lowest BCUT2D eigenvalue weighted by Crippen LogP contribution is -2.10. The van der Waals surface area contributed by atoms with E-state index < -0.39 is 6.10 Å². The van der Waals surface area contributed by atoms with Crippen molar-refractivity contribution in [3.63, 3.8) is 0 Å². The maximum Gasteiger partial charge on any atom is 0.0852 e. The van der Waals surface area contributed by atoms with Gasteiger partial charge in [0.25, 0.3) is 0 Å². The average Bonchev–Trinajstić information content (AvgIpc) is 2.43. The van der Waals surface area contributed by atoms with Crippen LogP contribution in [-0.4, -0.2) is 5.11 Å². The summed E-state index contributed by atoms with van der Waals surface area (Å²) in [5, 5.41) is 10.3. The van der Waals surface area contributed by atoms with Crippen LogP contribution in [0.1, 0.15) is 57.1 Å². The van der Waals surface area contributed by atoms with Crippen molar-refractivity contribution in [2.24, 2.45) is 5.92 Å². The van der Waals surface area contributed by atoms with Gasteiger partial charge in [0.2, 0.25) is 0 Å². The van der Waals surface area contributed by atoms with Crippen molar-refractivity contribution in [2.75, 3.05) is 0 Å². The molecule has 1 aromatic rings. The number of unbranched alkanes of at least 4 members (excludes halogenated alkanes) is 4. The molecule has 0 unspecified atom stereocenters. The van der Waals surface area contributed by atoms with Crippen LogP contribution in [-0.2, 0) is 0 Å². The van der Waals surface area contributed by atoms with E-state index in [1.807, 2.05) is 36.4 Å². The quantitative estimate of drug-likeness (QED) is 0.486. The Morgan fingerprint density at radius 1 is 1.11 bits per heavy atom. The normalized spacial score (nSPS) is 14.1. The van der Waals surface area contributed by atoms with Gasteiger partial charge < -0.3 is 5.11 Å². The van der Waals surface area contributed by atoms with E-state index in [4.69, 9.17) is 0 Å². The van der Waals surface area contributed by atoms with E-state index in [9.17, 15) is 5.11 Å². The van der Waals surface area contributed by atoms with Crippen LogP contribution in [0.15, 0.2) is 43.0 Å². The molecule has 0 spiro atoms. The highest BCUT2D eigenvalue weighted by atomic mass is 16.3. The van der Waals surface area contributed by atoms with Gasteiger partial charge in [0, 0.05) is 5.92 Å². The minimum atomic E-state index is -0.408. The highest BCUT2D eigenvalue weighted by molar-refractivity contribution is 5.19. The molecule has 0 aliphatic heterocycles. The lowest BCUT2D eigenvalue weighted by atomic mass is 9.91. The van der Waals surface area contributed by atoms with Crippen molar-refractivity contribution < 1.29 is 5.11 Å². The van der Waals surface area contributed by atoms with Crippen molar-refractivity contribution in [3.8, 4) is 0 Å². The number of rotatable bonds is 9.